The van der Waals surface area contributed by atoms with Crippen LogP contribution in [0, 0.1) is 5.41 Å². The van der Waals surface area contributed by atoms with Crippen molar-refractivity contribution in [1.82, 2.24) is 4.90 Å². The Bertz CT molecular complexity index is 712. The molecule has 6 heteroatoms. The summed E-state index contributed by atoms with van der Waals surface area (Å²) in [6.07, 6.45) is 0.485. The number of hydrogen-bond donors (Lipinski definition) is 2. The zero-order valence-electron chi connectivity index (χ0n) is 11.6. The van der Waals surface area contributed by atoms with Gasteiger partial charge in [0.15, 0.2) is 0 Å². The van der Waals surface area contributed by atoms with Gasteiger partial charge in [0.1, 0.15) is 0 Å². The van der Waals surface area contributed by atoms with Gasteiger partial charge >= 0.3 is 12.0 Å². The minimum atomic E-state index is -0.849. The van der Waals surface area contributed by atoms with E-state index in [9.17, 15) is 14.7 Å². The first-order chi connectivity index (χ1) is 9.99. The average Bonchev–Trinajstić information content (AvgIpc) is 3.06. The van der Waals surface area contributed by atoms with Crippen molar-refractivity contribution in [2.45, 2.75) is 13.3 Å². The van der Waals surface area contributed by atoms with Crippen LogP contribution < -0.4 is 5.32 Å². The zero-order valence-corrected chi connectivity index (χ0v) is 12.4. The van der Waals surface area contributed by atoms with Crippen molar-refractivity contribution < 1.29 is 14.7 Å². The minimum Gasteiger partial charge on any atom is -0.481 e. The standard InChI is InChI=1S/C15H16N2O3S/c1-15(13(18)19)6-7-17(9-15)14(20)16-11-4-2-3-10-5-8-21-12(10)11/h2-5,8H,6-7,9H2,1H3,(H,16,20)(H,18,19). The molecule has 2 heterocycles. The van der Waals surface area contributed by atoms with Crippen LogP contribution in [-0.2, 0) is 4.79 Å². The zero-order chi connectivity index (χ0) is 15.0. The fraction of sp³-hybridized carbons (Fsp3) is 0.333. The highest BCUT2D eigenvalue weighted by atomic mass is 32.1. The van der Waals surface area contributed by atoms with E-state index in [1.165, 1.54) is 0 Å². The molecule has 1 aliphatic heterocycles. The van der Waals surface area contributed by atoms with Gasteiger partial charge in [-0.05, 0) is 36.2 Å². The lowest BCUT2D eigenvalue weighted by molar-refractivity contribution is -0.146. The smallest absolute Gasteiger partial charge is 0.321 e. The first-order valence-corrected chi connectivity index (χ1v) is 7.63. The Hall–Kier alpha value is -2.08. The van der Waals surface area contributed by atoms with Gasteiger partial charge in [0.05, 0.1) is 15.8 Å². The molecule has 0 radical (unpaired) electrons. The minimum absolute atomic E-state index is 0.235. The maximum absolute atomic E-state index is 12.3. The first kappa shape index (κ1) is 13.9. The maximum Gasteiger partial charge on any atom is 0.321 e. The lowest BCUT2D eigenvalue weighted by Gasteiger charge is -2.20. The van der Waals surface area contributed by atoms with E-state index >= 15 is 0 Å². The van der Waals surface area contributed by atoms with Crippen LogP contribution in [0.4, 0.5) is 10.5 Å². The van der Waals surface area contributed by atoms with Crippen LogP contribution >= 0.6 is 11.3 Å². The summed E-state index contributed by atoms with van der Waals surface area (Å²) in [6, 6.07) is 7.53. The van der Waals surface area contributed by atoms with E-state index in [1.54, 1.807) is 23.2 Å². The van der Waals surface area contributed by atoms with E-state index in [0.29, 0.717) is 13.0 Å². The van der Waals surface area contributed by atoms with Crippen molar-refractivity contribution in [3.63, 3.8) is 0 Å². The molecule has 1 atom stereocenters. The quantitative estimate of drug-likeness (QED) is 0.895. The fourth-order valence-corrected chi connectivity index (χ4v) is 3.46. The molecule has 3 rings (SSSR count). The van der Waals surface area contributed by atoms with Gasteiger partial charge in [0, 0.05) is 13.1 Å². The van der Waals surface area contributed by atoms with Gasteiger partial charge in [-0.15, -0.1) is 11.3 Å². The van der Waals surface area contributed by atoms with Gasteiger partial charge in [-0.3, -0.25) is 4.79 Å². The Morgan fingerprint density at radius 2 is 2.19 bits per heavy atom. The normalized spacial score (nSPS) is 21.7. The fourth-order valence-electron chi connectivity index (χ4n) is 2.59. The van der Waals surface area contributed by atoms with Crippen LogP contribution in [0.2, 0.25) is 0 Å². The molecule has 2 aromatic rings. The molecule has 0 saturated carbocycles. The number of fused-ring (bicyclic) bond motifs is 1. The monoisotopic (exact) mass is 304 g/mol. The highest BCUT2D eigenvalue weighted by Gasteiger charge is 2.42. The molecule has 1 aliphatic rings. The summed E-state index contributed by atoms with van der Waals surface area (Å²) in [4.78, 5) is 25.1. The molecule has 5 nitrogen and oxygen atoms in total. The molecule has 110 valence electrons. The topological polar surface area (TPSA) is 69.6 Å². The summed E-state index contributed by atoms with van der Waals surface area (Å²) in [7, 11) is 0. The number of likely N-dealkylation sites (tertiary alicyclic amines) is 1. The van der Waals surface area contributed by atoms with Gasteiger partial charge in [0.25, 0.3) is 0 Å². The van der Waals surface area contributed by atoms with Gasteiger partial charge < -0.3 is 15.3 Å². The third kappa shape index (κ3) is 2.47. The molecule has 2 amide bonds. The summed E-state index contributed by atoms with van der Waals surface area (Å²) >= 11 is 1.58. The van der Waals surface area contributed by atoms with Crippen LogP contribution in [0.3, 0.4) is 0 Å². The van der Waals surface area contributed by atoms with Crippen LogP contribution in [-0.4, -0.2) is 35.1 Å². The Morgan fingerprint density at radius 3 is 2.90 bits per heavy atom. The van der Waals surface area contributed by atoms with Crippen LogP contribution in [0.1, 0.15) is 13.3 Å². The van der Waals surface area contributed by atoms with Gasteiger partial charge in [-0.2, -0.15) is 0 Å². The maximum atomic E-state index is 12.3. The number of anilines is 1. The summed E-state index contributed by atoms with van der Waals surface area (Å²) in [6.45, 7) is 2.40. The predicted molar refractivity (Wildman–Crippen MR) is 82.8 cm³/mol. The largest absolute Gasteiger partial charge is 0.481 e. The third-order valence-electron chi connectivity index (χ3n) is 4.00. The summed E-state index contributed by atoms with van der Waals surface area (Å²) in [5.74, 6) is -0.849. The number of carboxylic acid groups (broad SMARTS) is 1. The summed E-state index contributed by atoms with van der Waals surface area (Å²) in [5.41, 5.74) is -0.0665. The van der Waals surface area contributed by atoms with Crippen LogP contribution in [0.25, 0.3) is 10.1 Å². The Morgan fingerprint density at radius 1 is 1.38 bits per heavy atom. The van der Waals surface area contributed by atoms with E-state index in [-0.39, 0.29) is 12.6 Å². The molecule has 1 aromatic heterocycles. The van der Waals surface area contributed by atoms with Gasteiger partial charge in [-0.1, -0.05) is 12.1 Å². The number of aliphatic carboxylic acids is 1. The van der Waals surface area contributed by atoms with E-state index in [0.717, 1.165) is 15.8 Å². The van der Waals surface area contributed by atoms with Crippen LogP contribution in [0.5, 0.6) is 0 Å². The highest BCUT2D eigenvalue weighted by molar-refractivity contribution is 7.17. The average molecular weight is 304 g/mol. The second-order valence-corrected chi connectivity index (χ2v) is 6.53. The number of hydrogen-bond acceptors (Lipinski definition) is 3. The van der Waals surface area contributed by atoms with Gasteiger partial charge in [0.2, 0.25) is 0 Å². The first-order valence-electron chi connectivity index (χ1n) is 6.75. The molecule has 0 bridgehead atoms. The van der Waals surface area contributed by atoms with E-state index < -0.39 is 11.4 Å². The van der Waals surface area contributed by atoms with Crippen molar-refractivity contribution in [2.24, 2.45) is 5.41 Å². The number of thiophene rings is 1. The second kappa shape index (κ2) is 5.04. The van der Waals surface area contributed by atoms with Crippen molar-refractivity contribution in [3.05, 3.63) is 29.6 Å². The number of carbonyl (C=O) groups is 2. The van der Waals surface area contributed by atoms with Crippen molar-refractivity contribution in [3.8, 4) is 0 Å². The SMILES string of the molecule is CC1(C(=O)O)CCN(C(=O)Nc2cccc3ccsc23)C1. The van der Waals surface area contributed by atoms with Gasteiger partial charge in [-0.25, -0.2) is 4.79 Å². The highest BCUT2D eigenvalue weighted by Crippen LogP contribution is 2.32. The Labute approximate surface area is 126 Å². The molecule has 1 aromatic carbocycles. The number of rotatable bonds is 2. The molecule has 1 unspecified atom stereocenters. The molecule has 0 aliphatic carbocycles. The molecule has 1 saturated heterocycles. The van der Waals surface area contributed by atoms with E-state index in [2.05, 4.69) is 5.32 Å². The molecular formula is C15H16N2O3S. The van der Waals surface area contributed by atoms with Crippen LogP contribution in [0.15, 0.2) is 29.6 Å². The van der Waals surface area contributed by atoms with Crippen molar-refractivity contribution in [1.29, 1.82) is 0 Å². The number of amides is 2. The third-order valence-corrected chi connectivity index (χ3v) is 4.96. The number of benzene rings is 1. The van der Waals surface area contributed by atoms with Crippen molar-refractivity contribution in [2.75, 3.05) is 18.4 Å². The molecule has 21 heavy (non-hydrogen) atoms. The number of nitrogens with zero attached hydrogens (tertiary/aromatic N) is 1. The summed E-state index contributed by atoms with van der Waals surface area (Å²) in [5, 5.41) is 15.2. The second-order valence-electron chi connectivity index (χ2n) is 5.61. The lowest BCUT2D eigenvalue weighted by atomic mass is 9.90. The molecule has 1 fully saturated rings. The molecule has 0 spiro atoms. The Kier molecular flexibility index (Phi) is 3.33. The summed E-state index contributed by atoms with van der Waals surface area (Å²) < 4.78 is 1.03. The molecular weight excluding hydrogens is 288 g/mol. The predicted octanol–water partition coefficient (Wildman–Crippen LogP) is 3.23. The number of carbonyl (C=O) groups excluding carboxylic acids is 1. The number of urea groups is 1. The lowest BCUT2D eigenvalue weighted by Crippen LogP contribution is -2.37. The number of nitrogens with one attached hydrogen (secondary N) is 1. The Balaban J connectivity index is 1.76. The molecule has 2 N–H and O–H groups in total. The number of carboxylic acids is 1. The van der Waals surface area contributed by atoms with E-state index in [1.807, 2.05) is 29.6 Å². The van der Waals surface area contributed by atoms with Crippen molar-refractivity contribution >= 4 is 39.1 Å². The van der Waals surface area contributed by atoms with E-state index in [4.69, 9.17) is 0 Å².